The monoisotopic (exact) mass is 399 g/mol. The van der Waals surface area contributed by atoms with E-state index in [-0.39, 0.29) is 11.9 Å². The van der Waals surface area contributed by atoms with E-state index in [0.29, 0.717) is 12.3 Å². The van der Waals surface area contributed by atoms with Crippen LogP contribution in [-0.2, 0) is 4.79 Å². The summed E-state index contributed by atoms with van der Waals surface area (Å²) in [5, 5.41) is 7.55. The highest BCUT2D eigenvalue weighted by Gasteiger charge is 2.11. The topological polar surface area (TPSA) is 69.6 Å². The molecule has 0 bridgehead atoms. The van der Waals surface area contributed by atoms with E-state index in [0.717, 1.165) is 37.2 Å². The molecule has 0 spiro atoms. The Morgan fingerprint density at radius 1 is 1.28 bits per heavy atom. The predicted octanol–water partition coefficient (Wildman–Crippen LogP) is 3.73. The Labute approximate surface area is 176 Å². The van der Waals surface area contributed by atoms with Gasteiger partial charge in [-0.3, -0.25) is 15.2 Å². The number of hydrogen-bond donors (Lipinski definition) is 2. The van der Waals surface area contributed by atoms with Crippen molar-refractivity contribution < 1.29 is 4.79 Å². The second-order valence-corrected chi connectivity index (χ2v) is 7.51. The zero-order valence-corrected chi connectivity index (χ0v) is 18.6. The molecule has 1 unspecified atom stereocenters. The van der Waals surface area contributed by atoms with Crippen LogP contribution in [0.2, 0.25) is 0 Å². The van der Waals surface area contributed by atoms with E-state index in [9.17, 15) is 4.79 Å². The molecule has 0 saturated heterocycles. The quantitative estimate of drug-likeness (QED) is 0.392. The average Bonchev–Trinajstić information content (AvgIpc) is 2.69. The van der Waals surface area contributed by atoms with Gasteiger partial charge in [0.1, 0.15) is 0 Å². The highest BCUT2D eigenvalue weighted by Crippen LogP contribution is 2.03. The Bertz CT molecular complexity index is 667. The number of aromatic nitrogens is 1. The van der Waals surface area contributed by atoms with E-state index < -0.39 is 0 Å². The van der Waals surface area contributed by atoms with Crippen LogP contribution in [0.1, 0.15) is 52.5 Å². The number of hydrogen-bond acceptors (Lipinski definition) is 5. The van der Waals surface area contributed by atoms with Crippen molar-refractivity contribution in [3.63, 3.8) is 0 Å². The lowest BCUT2D eigenvalue weighted by molar-refractivity contribution is -0.121. The summed E-state index contributed by atoms with van der Waals surface area (Å²) in [5.74, 6) is 0.476. The summed E-state index contributed by atoms with van der Waals surface area (Å²) in [6, 6.07) is 3.96. The number of hydrazone groups is 1. The second kappa shape index (κ2) is 14.5. The molecule has 1 aromatic heterocycles. The summed E-state index contributed by atoms with van der Waals surface area (Å²) in [6.07, 6.45) is 13.4. The van der Waals surface area contributed by atoms with E-state index in [1.54, 1.807) is 12.4 Å². The van der Waals surface area contributed by atoms with Crippen LogP contribution < -0.4 is 10.7 Å². The Morgan fingerprint density at radius 2 is 2.00 bits per heavy atom. The van der Waals surface area contributed by atoms with Crippen molar-refractivity contribution in [2.45, 2.75) is 53.0 Å². The molecule has 160 valence electrons. The highest BCUT2D eigenvalue weighted by atomic mass is 16.1. The van der Waals surface area contributed by atoms with Crippen molar-refractivity contribution in [1.29, 1.82) is 0 Å². The number of allylic oxidation sites excluding steroid dienone is 2. The standard InChI is InChI=1S/C23H37N5O/c1-6-17-28(5)18-21(7-2)26-23(29)10-8-9-22(20-12-14-24-15-13-20)27-25-16-11-19(3)4/h8-9,11-16,19,21,25H,6-7,10,17-18H2,1-5H3,(H,26,29)/b9-8+,16-11+,27-22+. The highest BCUT2D eigenvalue weighted by molar-refractivity contribution is 6.08. The normalized spacial score (nSPS) is 13.6. The summed E-state index contributed by atoms with van der Waals surface area (Å²) in [4.78, 5) is 18.7. The predicted molar refractivity (Wildman–Crippen MR) is 122 cm³/mol. The fourth-order valence-electron chi connectivity index (χ4n) is 2.75. The van der Waals surface area contributed by atoms with E-state index in [1.807, 2.05) is 36.6 Å². The molecular weight excluding hydrogens is 362 g/mol. The van der Waals surface area contributed by atoms with Crippen LogP contribution in [0, 0.1) is 5.92 Å². The van der Waals surface area contributed by atoms with Crippen LogP contribution in [0.5, 0.6) is 0 Å². The fourth-order valence-corrected chi connectivity index (χ4v) is 2.75. The molecule has 0 aliphatic heterocycles. The number of carbonyl (C=O) groups excluding carboxylic acids is 1. The lowest BCUT2D eigenvalue weighted by atomic mass is 10.1. The molecule has 29 heavy (non-hydrogen) atoms. The van der Waals surface area contributed by atoms with E-state index >= 15 is 0 Å². The van der Waals surface area contributed by atoms with Crippen LogP contribution in [-0.4, -0.2) is 47.7 Å². The molecular formula is C23H37N5O. The maximum absolute atomic E-state index is 12.3. The first-order chi connectivity index (χ1) is 14.0. The van der Waals surface area contributed by atoms with Crippen molar-refractivity contribution in [3.05, 3.63) is 54.5 Å². The summed E-state index contributed by atoms with van der Waals surface area (Å²) in [6.45, 7) is 10.4. The Morgan fingerprint density at radius 3 is 2.62 bits per heavy atom. The first kappa shape index (κ1) is 24.6. The molecule has 0 saturated carbocycles. The van der Waals surface area contributed by atoms with E-state index in [2.05, 4.69) is 60.5 Å². The van der Waals surface area contributed by atoms with E-state index in [1.165, 1.54) is 0 Å². The molecule has 6 heteroatoms. The SMILES string of the molecule is CCCN(C)CC(CC)NC(=O)C/C=C/C(=N\N/C=C/C(C)C)c1ccncc1. The zero-order chi connectivity index (χ0) is 21.5. The van der Waals surface area contributed by atoms with Crippen molar-refractivity contribution in [2.75, 3.05) is 20.1 Å². The molecule has 0 aromatic carbocycles. The lowest BCUT2D eigenvalue weighted by Gasteiger charge is -2.23. The third-order valence-corrected chi connectivity index (χ3v) is 4.29. The minimum atomic E-state index is 0.0275. The van der Waals surface area contributed by atoms with Gasteiger partial charge in [-0.2, -0.15) is 5.10 Å². The van der Waals surface area contributed by atoms with Gasteiger partial charge >= 0.3 is 0 Å². The Kier molecular flexibility index (Phi) is 12.3. The third-order valence-electron chi connectivity index (χ3n) is 4.29. The Balaban J connectivity index is 2.68. The van der Waals surface area contributed by atoms with Gasteiger partial charge in [-0.1, -0.05) is 39.8 Å². The molecule has 0 radical (unpaired) electrons. The average molecular weight is 400 g/mol. The van der Waals surface area contributed by atoms with Crippen LogP contribution >= 0.6 is 0 Å². The van der Waals surface area contributed by atoms with Gasteiger partial charge in [0.25, 0.3) is 0 Å². The zero-order valence-electron chi connectivity index (χ0n) is 18.6. The Hall–Kier alpha value is -2.47. The molecule has 1 atom stereocenters. The van der Waals surface area contributed by atoms with Gasteiger partial charge in [0.05, 0.1) is 5.71 Å². The summed E-state index contributed by atoms with van der Waals surface area (Å²) < 4.78 is 0. The smallest absolute Gasteiger partial charge is 0.224 e. The maximum atomic E-state index is 12.3. The molecule has 1 aromatic rings. The molecule has 6 nitrogen and oxygen atoms in total. The summed E-state index contributed by atoms with van der Waals surface area (Å²) in [7, 11) is 2.09. The van der Waals surface area contributed by atoms with E-state index in [4.69, 9.17) is 0 Å². The molecule has 0 aliphatic rings. The number of rotatable bonds is 13. The van der Waals surface area contributed by atoms with Gasteiger partial charge in [-0.15, -0.1) is 0 Å². The van der Waals surface area contributed by atoms with Crippen LogP contribution in [0.15, 0.2) is 54.1 Å². The number of carbonyl (C=O) groups is 1. The number of likely N-dealkylation sites (N-methyl/N-ethyl adjacent to an activating group) is 1. The molecule has 0 fully saturated rings. The molecule has 1 rings (SSSR count). The molecule has 2 N–H and O–H groups in total. The van der Waals surface area contributed by atoms with Crippen LogP contribution in [0.4, 0.5) is 0 Å². The number of pyridine rings is 1. The molecule has 1 heterocycles. The number of nitrogens with zero attached hydrogens (tertiary/aromatic N) is 3. The largest absolute Gasteiger partial charge is 0.352 e. The fraction of sp³-hybridized carbons (Fsp3) is 0.522. The van der Waals surface area contributed by atoms with Gasteiger partial charge in [0.2, 0.25) is 5.91 Å². The summed E-state index contributed by atoms with van der Waals surface area (Å²) in [5.41, 5.74) is 4.65. The van der Waals surface area contributed by atoms with Crippen LogP contribution in [0.3, 0.4) is 0 Å². The molecule has 1 amide bonds. The van der Waals surface area contributed by atoms with Gasteiger partial charge in [0.15, 0.2) is 0 Å². The maximum Gasteiger partial charge on any atom is 0.224 e. The van der Waals surface area contributed by atoms with Gasteiger partial charge in [0, 0.05) is 43.2 Å². The second-order valence-electron chi connectivity index (χ2n) is 7.51. The summed E-state index contributed by atoms with van der Waals surface area (Å²) >= 11 is 0. The van der Waals surface area contributed by atoms with Gasteiger partial charge in [-0.25, -0.2) is 0 Å². The van der Waals surface area contributed by atoms with Crippen molar-refractivity contribution >= 4 is 11.6 Å². The minimum Gasteiger partial charge on any atom is -0.352 e. The van der Waals surface area contributed by atoms with Crippen molar-refractivity contribution in [2.24, 2.45) is 11.0 Å². The molecule has 0 aliphatic carbocycles. The number of amides is 1. The lowest BCUT2D eigenvalue weighted by Crippen LogP contribution is -2.42. The first-order valence-corrected chi connectivity index (χ1v) is 10.5. The first-order valence-electron chi connectivity index (χ1n) is 10.5. The van der Waals surface area contributed by atoms with Gasteiger partial charge < -0.3 is 10.2 Å². The van der Waals surface area contributed by atoms with Crippen molar-refractivity contribution in [3.8, 4) is 0 Å². The van der Waals surface area contributed by atoms with Crippen LogP contribution in [0.25, 0.3) is 0 Å². The van der Waals surface area contributed by atoms with Crippen molar-refractivity contribution in [1.82, 2.24) is 20.6 Å². The number of nitrogens with one attached hydrogen (secondary N) is 2. The third kappa shape index (κ3) is 11.2. The minimum absolute atomic E-state index is 0.0275. The van der Waals surface area contributed by atoms with Gasteiger partial charge in [-0.05, 0) is 50.6 Å².